The first-order chi connectivity index (χ1) is 9.40. The summed E-state index contributed by atoms with van der Waals surface area (Å²) in [6, 6.07) is 8.49. The van der Waals surface area contributed by atoms with E-state index in [4.69, 9.17) is 4.74 Å². The average Bonchev–Trinajstić information content (AvgIpc) is 3.20. The molecule has 19 heavy (non-hydrogen) atoms. The predicted octanol–water partition coefficient (Wildman–Crippen LogP) is 3.35. The number of nitrogens with one attached hydrogen (secondary N) is 1. The fourth-order valence-electron chi connectivity index (χ4n) is 2.43. The summed E-state index contributed by atoms with van der Waals surface area (Å²) in [7, 11) is 0. The molecular formula is C14H15N3OS. The Hall–Kier alpha value is -1.62. The molecule has 2 aromatic rings. The smallest absolute Gasteiger partial charge is 0.206 e. The zero-order valence-electron chi connectivity index (χ0n) is 10.5. The Bertz CT molecular complexity index is 594. The molecule has 5 heteroatoms. The topological polar surface area (TPSA) is 47.0 Å². The van der Waals surface area contributed by atoms with Gasteiger partial charge in [0.05, 0.1) is 12.6 Å². The molecule has 0 spiro atoms. The van der Waals surface area contributed by atoms with Crippen molar-refractivity contribution in [2.45, 2.75) is 31.2 Å². The fraction of sp³-hybridized carbons (Fsp3) is 0.429. The number of anilines is 1. The lowest BCUT2D eigenvalue weighted by Gasteiger charge is -2.26. The molecule has 1 N–H and O–H groups in total. The normalized spacial score (nSPS) is 21.6. The van der Waals surface area contributed by atoms with E-state index in [1.165, 1.54) is 23.4 Å². The molecule has 1 atom stereocenters. The van der Waals surface area contributed by atoms with Crippen LogP contribution in [0, 0.1) is 0 Å². The monoisotopic (exact) mass is 273 g/mol. The molecule has 1 saturated carbocycles. The van der Waals surface area contributed by atoms with Crippen LogP contribution in [0.2, 0.25) is 0 Å². The molecule has 0 amide bonds. The Labute approximate surface area is 115 Å². The van der Waals surface area contributed by atoms with Gasteiger partial charge in [-0.2, -0.15) is 0 Å². The maximum absolute atomic E-state index is 5.67. The van der Waals surface area contributed by atoms with Crippen molar-refractivity contribution in [2.24, 2.45) is 0 Å². The summed E-state index contributed by atoms with van der Waals surface area (Å²) >= 11 is 1.70. The van der Waals surface area contributed by atoms with Crippen molar-refractivity contribution >= 4 is 16.5 Å². The summed E-state index contributed by atoms with van der Waals surface area (Å²) in [6.45, 7) is 0.753. The first-order valence-corrected chi connectivity index (χ1v) is 7.53. The average molecular weight is 273 g/mol. The summed E-state index contributed by atoms with van der Waals surface area (Å²) in [5, 5.41) is 14.2. The van der Waals surface area contributed by atoms with E-state index in [0.717, 1.165) is 23.9 Å². The van der Waals surface area contributed by atoms with E-state index in [1.807, 2.05) is 12.1 Å². The third-order valence-corrected chi connectivity index (χ3v) is 4.64. The van der Waals surface area contributed by atoms with Crippen LogP contribution in [-0.4, -0.2) is 16.8 Å². The Kier molecular flexibility index (Phi) is 2.65. The second-order valence-electron chi connectivity index (χ2n) is 5.09. The highest BCUT2D eigenvalue weighted by Crippen LogP contribution is 2.43. The van der Waals surface area contributed by atoms with Gasteiger partial charge in [0.1, 0.15) is 10.8 Å². The predicted molar refractivity (Wildman–Crippen MR) is 74.8 cm³/mol. The molecule has 2 aliphatic rings. The van der Waals surface area contributed by atoms with Crippen molar-refractivity contribution in [1.29, 1.82) is 0 Å². The van der Waals surface area contributed by atoms with Crippen molar-refractivity contribution in [3.8, 4) is 5.75 Å². The number of para-hydroxylation sites is 1. The molecule has 4 rings (SSSR count). The lowest BCUT2D eigenvalue weighted by molar-refractivity contribution is 0.274. The SMILES string of the molecule is c1ccc2c(c1)OCCC2Nc1nnc(C2CC2)s1. The lowest BCUT2D eigenvalue weighted by Crippen LogP contribution is -2.20. The molecule has 1 unspecified atom stereocenters. The highest BCUT2D eigenvalue weighted by molar-refractivity contribution is 7.15. The zero-order chi connectivity index (χ0) is 12.7. The minimum absolute atomic E-state index is 0.282. The van der Waals surface area contributed by atoms with Crippen LogP contribution >= 0.6 is 11.3 Å². The number of nitrogens with zero attached hydrogens (tertiary/aromatic N) is 2. The van der Waals surface area contributed by atoms with Crippen LogP contribution in [-0.2, 0) is 0 Å². The number of aromatic nitrogens is 2. The molecule has 1 aromatic heterocycles. The van der Waals surface area contributed by atoms with Crippen LogP contribution in [0.15, 0.2) is 24.3 Å². The maximum Gasteiger partial charge on any atom is 0.206 e. The molecule has 0 radical (unpaired) electrons. The molecule has 0 bridgehead atoms. The van der Waals surface area contributed by atoms with Crippen molar-refractivity contribution in [3.63, 3.8) is 0 Å². The number of hydrogen-bond acceptors (Lipinski definition) is 5. The lowest BCUT2D eigenvalue weighted by atomic mass is 10.0. The third-order valence-electron chi connectivity index (χ3n) is 3.62. The van der Waals surface area contributed by atoms with E-state index in [9.17, 15) is 0 Å². The first kappa shape index (κ1) is 11.2. The van der Waals surface area contributed by atoms with E-state index >= 15 is 0 Å². The zero-order valence-corrected chi connectivity index (χ0v) is 11.3. The molecule has 1 aliphatic carbocycles. The largest absolute Gasteiger partial charge is 0.493 e. The van der Waals surface area contributed by atoms with Crippen molar-refractivity contribution in [1.82, 2.24) is 10.2 Å². The Balaban J connectivity index is 1.56. The van der Waals surface area contributed by atoms with Crippen LogP contribution in [0.5, 0.6) is 5.75 Å². The van der Waals surface area contributed by atoms with Crippen LogP contribution in [0.1, 0.15) is 41.8 Å². The van der Waals surface area contributed by atoms with Gasteiger partial charge in [0, 0.05) is 17.9 Å². The molecule has 1 fully saturated rings. The number of benzene rings is 1. The van der Waals surface area contributed by atoms with E-state index < -0.39 is 0 Å². The number of hydrogen-bond donors (Lipinski definition) is 1. The first-order valence-electron chi connectivity index (χ1n) is 6.72. The van der Waals surface area contributed by atoms with Crippen LogP contribution < -0.4 is 10.1 Å². The minimum atomic E-state index is 0.282. The van der Waals surface area contributed by atoms with Crippen molar-refractivity contribution < 1.29 is 4.74 Å². The van der Waals surface area contributed by atoms with Crippen molar-refractivity contribution in [2.75, 3.05) is 11.9 Å². The summed E-state index contributed by atoms with van der Waals surface area (Å²) in [5.41, 5.74) is 1.22. The standard InChI is InChI=1S/C14H15N3OS/c1-2-4-12-10(3-1)11(7-8-18-12)15-14-17-16-13(19-14)9-5-6-9/h1-4,9,11H,5-8H2,(H,15,17). The van der Waals surface area contributed by atoms with Gasteiger partial charge in [-0.15, -0.1) is 10.2 Å². The van der Waals surface area contributed by atoms with Crippen LogP contribution in [0.3, 0.4) is 0 Å². The number of rotatable bonds is 3. The molecular weight excluding hydrogens is 258 g/mol. The van der Waals surface area contributed by atoms with Gasteiger partial charge < -0.3 is 10.1 Å². The highest BCUT2D eigenvalue weighted by Gasteiger charge is 2.28. The Morgan fingerprint density at radius 2 is 2.05 bits per heavy atom. The summed E-state index contributed by atoms with van der Waals surface area (Å²) < 4.78 is 5.67. The van der Waals surface area contributed by atoms with Crippen molar-refractivity contribution in [3.05, 3.63) is 34.8 Å². The van der Waals surface area contributed by atoms with Gasteiger partial charge in [0.2, 0.25) is 5.13 Å². The molecule has 98 valence electrons. The fourth-order valence-corrected chi connectivity index (χ4v) is 3.39. The van der Waals surface area contributed by atoms with Gasteiger partial charge in [0.25, 0.3) is 0 Å². The minimum Gasteiger partial charge on any atom is -0.493 e. The van der Waals surface area contributed by atoms with Gasteiger partial charge in [-0.3, -0.25) is 0 Å². The Morgan fingerprint density at radius 1 is 1.16 bits per heavy atom. The van der Waals surface area contributed by atoms with Crippen LogP contribution in [0.25, 0.3) is 0 Å². The van der Waals surface area contributed by atoms with E-state index in [0.29, 0.717) is 5.92 Å². The van der Waals surface area contributed by atoms with Gasteiger partial charge >= 0.3 is 0 Å². The molecule has 0 saturated heterocycles. The van der Waals surface area contributed by atoms with E-state index in [2.05, 4.69) is 27.6 Å². The summed E-state index contributed by atoms with van der Waals surface area (Å²) in [6.07, 6.45) is 3.51. The van der Waals surface area contributed by atoms with Gasteiger partial charge in [-0.1, -0.05) is 29.5 Å². The van der Waals surface area contributed by atoms with Crippen LogP contribution in [0.4, 0.5) is 5.13 Å². The van der Waals surface area contributed by atoms with Gasteiger partial charge in [0.15, 0.2) is 0 Å². The molecule has 2 heterocycles. The van der Waals surface area contributed by atoms with E-state index in [-0.39, 0.29) is 6.04 Å². The summed E-state index contributed by atoms with van der Waals surface area (Å²) in [4.78, 5) is 0. The second kappa shape index (κ2) is 4.49. The number of fused-ring (bicyclic) bond motifs is 1. The molecule has 1 aliphatic heterocycles. The summed E-state index contributed by atoms with van der Waals surface area (Å²) in [5.74, 6) is 1.66. The molecule has 1 aromatic carbocycles. The number of ether oxygens (including phenoxy) is 1. The maximum atomic E-state index is 5.67. The third kappa shape index (κ3) is 2.18. The van der Waals surface area contributed by atoms with E-state index in [1.54, 1.807) is 11.3 Å². The Morgan fingerprint density at radius 3 is 2.95 bits per heavy atom. The van der Waals surface area contributed by atoms with Gasteiger partial charge in [-0.05, 0) is 18.9 Å². The highest BCUT2D eigenvalue weighted by atomic mass is 32.1. The van der Waals surface area contributed by atoms with Gasteiger partial charge in [-0.25, -0.2) is 0 Å². The molecule has 4 nitrogen and oxygen atoms in total. The quantitative estimate of drug-likeness (QED) is 0.931. The second-order valence-corrected chi connectivity index (χ2v) is 6.10.